The fraction of sp³-hybridized carbons (Fsp3) is 0.154. The van der Waals surface area contributed by atoms with Crippen LogP contribution in [0.2, 0.25) is 5.02 Å². The van der Waals surface area contributed by atoms with Crippen molar-refractivity contribution in [2.24, 2.45) is 0 Å². The van der Waals surface area contributed by atoms with Gasteiger partial charge in [-0.2, -0.15) is 0 Å². The molecule has 0 aliphatic rings. The highest BCUT2D eigenvalue weighted by atomic mass is 35.5. The molecule has 0 fully saturated rings. The SMILES string of the molecule is COc1ccc(C(=O)N[C@H](Cc2ccccc2)C(=O)Nc2nnc(-c3ccc(Cl)cc3)s2)c(OC)c1. The number of nitrogens with zero attached hydrogens (tertiary/aromatic N) is 2. The summed E-state index contributed by atoms with van der Waals surface area (Å²) in [4.78, 5) is 26.4. The van der Waals surface area contributed by atoms with Gasteiger partial charge < -0.3 is 14.8 Å². The Hall–Kier alpha value is -3.95. The first-order valence-corrected chi connectivity index (χ1v) is 12.1. The van der Waals surface area contributed by atoms with Crippen LogP contribution in [0.1, 0.15) is 15.9 Å². The number of nitrogens with one attached hydrogen (secondary N) is 2. The summed E-state index contributed by atoms with van der Waals surface area (Å²) in [6.07, 6.45) is 0.278. The quantitative estimate of drug-likeness (QED) is 0.325. The van der Waals surface area contributed by atoms with Gasteiger partial charge >= 0.3 is 0 Å². The van der Waals surface area contributed by atoms with Crippen LogP contribution >= 0.6 is 22.9 Å². The molecule has 0 unspecified atom stereocenters. The summed E-state index contributed by atoms with van der Waals surface area (Å²) in [6.45, 7) is 0. The summed E-state index contributed by atoms with van der Waals surface area (Å²) in [5.41, 5.74) is 2.00. The summed E-state index contributed by atoms with van der Waals surface area (Å²) < 4.78 is 10.6. The molecule has 184 valence electrons. The third-order valence-corrected chi connectivity index (χ3v) is 6.44. The molecule has 2 N–H and O–H groups in total. The highest BCUT2D eigenvalue weighted by molar-refractivity contribution is 7.18. The molecule has 1 aromatic heterocycles. The lowest BCUT2D eigenvalue weighted by Crippen LogP contribution is -2.45. The molecule has 36 heavy (non-hydrogen) atoms. The first-order chi connectivity index (χ1) is 17.5. The molecule has 10 heteroatoms. The highest BCUT2D eigenvalue weighted by Gasteiger charge is 2.25. The van der Waals surface area contributed by atoms with E-state index in [9.17, 15) is 9.59 Å². The monoisotopic (exact) mass is 522 g/mol. The van der Waals surface area contributed by atoms with Crippen LogP contribution in [0.25, 0.3) is 10.6 Å². The van der Waals surface area contributed by atoms with Crippen LogP contribution < -0.4 is 20.1 Å². The molecule has 1 heterocycles. The van der Waals surface area contributed by atoms with Crippen molar-refractivity contribution in [1.82, 2.24) is 15.5 Å². The maximum Gasteiger partial charge on any atom is 0.255 e. The Morgan fingerprint density at radius 3 is 2.42 bits per heavy atom. The highest BCUT2D eigenvalue weighted by Crippen LogP contribution is 2.28. The number of hydrogen-bond acceptors (Lipinski definition) is 7. The molecule has 4 rings (SSSR count). The lowest BCUT2D eigenvalue weighted by Gasteiger charge is -2.19. The standard InChI is InChI=1S/C26H23ClN4O4S/c1-34-19-12-13-20(22(15-19)35-2)23(32)28-21(14-16-6-4-3-5-7-16)24(33)29-26-31-30-25(36-26)17-8-10-18(27)11-9-17/h3-13,15,21H,14H2,1-2H3,(H,28,32)(H,29,31,33)/t21-/m1/s1. The Kier molecular flexibility index (Phi) is 8.14. The zero-order valence-electron chi connectivity index (χ0n) is 19.5. The second kappa shape index (κ2) is 11.7. The van der Waals surface area contributed by atoms with E-state index < -0.39 is 17.9 Å². The minimum atomic E-state index is -0.880. The van der Waals surface area contributed by atoms with Crippen molar-refractivity contribution in [3.05, 3.63) is 88.9 Å². The third-order valence-electron chi connectivity index (χ3n) is 5.30. The molecule has 0 aliphatic carbocycles. The number of methoxy groups -OCH3 is 2. The lowest BCUT2D eigenvalue weighted by atomic mass is 10.0. The van der Waals surface area contributed by atoms with Crippen molar-refractivity contribution in [2.45, 2.75) is 12.5 Å². The first-order valence-electron chi connectivity index (χ1n) is 10.9. The predicted molar refractivity (Wildman–Crippen MR) is 140 cm³/mol. The zero-order valence-corrected chi connectivity index (χ0v) is 21.1. The number of rotatable bonds is 9. The molecule has 3 aromatic carbocycles. The molecule has 0 radical (unpaired) electrons. The van der Waals surface area contributed by atoms with Gasteiger partial charge in [0.05, 0.1) is 19.8 Å². The number of amides is 2. The Bertz CT molecular complexity index is 1350. The second-order valence-corrected chi connectivity index (χ2v) is 9.10. The van der Waals surface area contributed by atoms with E-state index in [1.54, 1.807) is 30.3 Å². The van der Waals surface area contributed by atoms with Crippen molar-refractivity contribution in [3.63, 3.8) is 0 Å². The van der Waals surface area contributed by atoms with Gasteiger partial charge in [-0.15, -0.1) is 10.2 Å². The maximum atomic E-state index is 13.3. The number of hydrogen-bond donors (Lipinski definition) is 2. The van der Waals surface area contributed by atoms with Gasteiger partial charge in [0.25, 0.3) is 5.91 Å². The molecular formula is C26H23ClN4O4S. The summed E-state index contributed by atoms with van der Waals surface area (Å²) in [5.74, 6) is 0.0142. The number of anilines is 1. The average Bonchev–Trinajstić information content (AvgIpc) is 3.37. The molecule has 2 amide bonds. The van der Waals surface area contributed by atoms with Crippen LogP contribution in [0.4, 0.5) is 5.13 Å². The number of carbonyl (C=O) groups excluding carboxylic acids is 2. The number of ether oxygens (including phenoxy) is 2. The number of aromatic nitrogens is 2. The van der Waals surface area contributed by atoms with Crippen LogP contribution in [-0.4, -0.2) is 42.3 Å². The van der Waals surface area contributed by atoms with Gasteiger partial charge in [-0.3, -0.25) is 14.9 Å². The minimum absolute atomic E-state index is 0.278. The van der Waals surface area contributed by atoms with E-state index in [1.165, 1.54) is 25.6 Å². The van der Waals surface area contributed by atoms with E-state index in [0.717, 1.165) is 11.1 Å². The van der Waals surface area contributed by atoms with Crippen molar-refractivity contribution in [3.8, 4) is 22.1 Å². The van der Waals surface area contributed by atoms with Crippen molar-refractivity contribution in [2.75, 3.05) is 19.5 Å². The van der Waals surface area contributed by atoms with Gasteiger partial charge in [0.1, 0.15) is 22.5 Å². The molecule has 1 atom stereocenters. The van der Waals surface area contributed by atoms with E-state index >= 15 is 0 Å². The zero-order chi connectivity index (χ0) is 25.5. The largest absolute Gasteiger partial charge is 0.497 e. The summed E-state index contributed by atoms with van der Waals surface area (Å²) in [5, 5.41) is 15.4. The molecule has 0 saturated heterocycles. The Morgan fingerprint density at radius 2 is 1.72 bits per heavy atom. The topological polar surface area (TPSA) is 102 Å². The first kappa shape index (κ1) is 25.2. The Morgan fingerprint density at radius 1 is 0.972 bits per heavy atom. The summed E-state index contributed by atoms with van der Waals surface area (Å²) >= 11 is 7.18. The Labute approximate surface area is 217 Å². The van der Waals surface area contributed by atoms with Gasteiger partial charge in [-0.25, -0.2) is 0 Å². The molecule has 8 nitrogen and oxygen atoms in total. The minimum Gasteiger partial charge on any atom is -0.497 e. The number of carbonyl (C=O) groups is 2. The lowest BCUT2D eigenvalue weighted by molar-refractivity contribution is -0.118. The molecule has 0 bridgehead atoms. The van der Waals surface area contributed by atoms with Gasteiger partial charge in [0.2, 0.25) is 11.0 Å². The van der Waals surface area contributed by atoms with Gasteiger partial charge in [0.15, 0.2) is 0 Å². The summed E-state index contributed by atoms with van der Waals surface area (Å²) in [7, 11) is 2.99. The molecule has 0 aliphatic heterocycles. The smallest absolute Gasteiger partial charge is 0.255 e. The summed E-state index contributed by atoms with van der Waals surface area (Å²) in [6, 6.07) is 20.6. The van der Waals surface area contributed by atoms with Crippen LogP contribution in [-0.2, 0) is 11.2 Å². The molecule has 0 spiro atoms. The van der Waals surface area contributed by atoms with Crippen LogP contribution in [0.5, 0.6) is 11.5 Å². The molecular weight excluding hydrogens is 500 g/mol. The average molecular weight is 523 g/mol. The third kappa shape index (κ3) is 6.18. The van der Waals surface area contributed by atoms with Crippen molar-refractivity contribution >= 4 is 39.9 Å². The fourth-order valence-electron chi connectivity index (χ4n) is 3.46. The van der Waals surface area contributed by atoms with Crippen LogP contribution in [0.3, 0.4) is 0 Å². The van der Waals surface area contributed by atoms with Crippen LogP contribution in [0, 0.1) is 0 Å². The van der Waals surface area contributed by atoms with Gasteiger partial charge in [-0.1, -0.05) is 65.4 Å². The van der Waals surface area contributed by atoms with E-state index in [1.807, 2.05) is 42.5 Å². The predicted octanol–water partition coefficient (Wildman–Crippen LogP) is 4.86. The van der Waals surface area contributed by atoms with E-state index in [0.29, 0.717) is 26.7 Å². The normalized spacial score (nSPS) is 11.4. The number of benzene rings is 3. The van der Waals surface area contributed by atoms with Crippen molar-refractivity contribution < 1.29 is 19.1 Å². The van der Waals surface area contributed by atoms with E-state index in [2.05, 4.69) is 20.8 Å². The van der Waals surface area contributed by atoms with Crippen LogP contribution in [0.15, 0.2) is 72.8 Å². The molecule has 4 aromatic rings. The van der Waals surface area contributed by atoms with E-state index in [4.69, 9.17) is 21.1 Å². The van der Waals surface area contributed by atoms with Crippen molar-refractivity contribution in [1.29, 1.82) is 0 Å². The fourth-order valence-corrected chi connectivity index (χ4v) is 4.33. The Balaban J connectivity index is 1.54. The van der Waals surface area contributed by atoms with Gasteiger partial charge in [-0.05, 0) is 29.8 Å². The molecule has 0 saturated carbocycles. The maximum absolute atomic E-state index is 13.3. The van der Waals surface area contributed by atoms with Gasteiger partial charge in [0, 0.05) is 23.1 Å². The second-order valence-electron chi connectivity index (χ2n) is 7.69. The van der Waals surface area contributed by atoms with E-state index in [-0.39, 0.29) is 12.0 Å². The number of halogens is 1.